The fraction of sp³-hybridized carbons (Fsp3) is 0.458. The molecule has 2 aromatic rings. The van der Waals surface area contributed by atoms with E-state index in [1.807, 2.05) is 24.3 Å². The maximum absolute atomic E-state index is 13.2. The molecule has 0 saturated carbocycles. The van der Waals surface area contributed by atoms with Crippen molar-refractivity contribution in [1.82, 2.24) is 9.62 Å². The van der Waals surface area contributed by atoms with Gasteiger partial charge in [-0.2, -0.15) is 4.31 Å². The van der Waals surface area contributed by atoms with Gasteiger partial charge in [-0.3, -0.25) is 4.79 Å². The van der Waals surface area contributed by atoms with Crippen LogP contribution in [0.2, 0.25) is 0 Å². The van der Waals surface area contributed by atoms with Crippen molar-refractivity contribution in [3.05, 3.63) is 54.6 Å². The SMILES string of the molecule is COc1ccc(N2CCC(NC(=O)C3CCCCN3S(=O)(=O)c3ccccc3)CC2)cc1. The van der Waals surface area contributed by atoms with E-state index in [2.05, 4.69) is 10.2 Å². The maximum Gasteiger partial charge on any atom is 0.243 e. The van der Waals surface area contributed by atoms with Crippen LogP contribution in [0.3, 0.4) is 0 Å². The summed E-state index contributed by atoms with van der Waals surface area (Å²) < 4.78 is 33.0. The van der Waals surface area contributed by atoms with E-state index in [0.29, 0.717) is 13.0 Å². The Labute approximate surface area is 190 Å². The molecule has 2 heterocycles. The summed E-state index contributed by atoms with van der Waals surface area (Å²) in [6, 6.07) is 15.8. The average molecular weight is 458 g/mol. The van der Waals surface area contributed by atoms with Crippen LogP contribution >= 0.6 is 0 Å². The lowest BCUT2D eigenvalue weighted by molar-refractivity contribution is -0.126. The van der Waals surface area contributed by atoms with Crippen LogP contribution in [0, 0.1) is 0 Å². The average Bonchev–Trinajstić information content (AvgIpc) is 2.85. The highest BCUT2D eigenvalue weighted by molar-refractivity contribution is 7.89. The van der Waals surface area contributed by atoms with Gasteiger partial charge < -0.3 is 15.0 Å². The number of carbonyl (C=O) groups is 1. The zero-order valence-electron chi connectivity index (χ0n) is 18.4. The first-order chi connectivity index (χ1) is 15.5. The van der Waals surface area contributed by atoms with Crippen molar-refractivity contribution in [3.8, 4) is 5.75 Å². The highest BCUT2D eigenvalue weighted by Gasteiger charge is 2.38. The molecule has 2 aliphatic rings. The van der Waals surface area contributed by atoms with Crippen LogP contribution in [-0.4, -0.2) is 57.5 Å². The molecule has 2 fully saturated rings. The summed E-state index contributed by atoms with van der Waals surface area (Å²) in [6.45, 7) is 2.06. The summed E-state index contributed by atoms with van der Waals surface area (Å²) in [7, 11) is -2.04. The third kappa shape index (κ3) is 4.91. The number of nitrogens with one attached hydrogen (secondary N) is 1. The van der Waals surface area contributed by atoms with Crippen molar-refractivity contribution in [3.63, 3.8) is 0 Å². The molecule has 0 radical (unpaired) electrons. The number of rotatable bonds is 6. The highest BCUT2D eigenvalue weighted by atomic mass is 32.2. The predicted octanol–water partition coefficient (Wildman–Crippen LogP) is 3.02. The number of nitrogens with zero attached hydrogens (tertiary/aromatic N) is 2. The van der Waals surface area contributed by atoms with Crippen LogP contribution in [0.15, 0.2) is 59.5 Å². The van der Waals surface area contributed by atoms with Crippen LogP contribution in [-0.2, 0) is 14.8 Å². The van der Waals surface area contributed by atoms with Crippen molar-refractivity contribution in [2.45, 2.75) is 49.1 Å². The number of sulfonamides is 1. The normalized spacial score (nSPS) is 20.7. The molecule has 2 saturated heterocycles. The summed E-state index contributed by atoms with van der Waals surface area (Å²) in [4.78, 5) is 15.7. The number of methoxy groups -OCH3 is 1. The third-order valence-electron chi connectivity index (χ3n) is 6.39. The van der Waals surface area contributed by atoms with Crippen molar-refractivity contribution in [2.75, 3.05) is 31.6 Å². The predicted molar refractivity (Wildman–Crippen MR) is 124 cm³/mol. The van der Waals surface area contributed by atoms with Gasteiger partial charge in [-0.25, -0.2) is 8.42 Å². The minimum absolute atomic E-state index is 0.0557. The number of piperidine rings is 2. The van der Waals surface area contributed by atoms with E-state index in [-0.39, 0.29) is 16.8 Å². The van der Waals surface area contributed by atoms with Gasteiger partial charge in [0.15, 0.2) is 0 Å². The van der Waals surface area contributed by atoms with Gasteiger partial charge in [0.2, 0.25) is 15.9 Å². The minimum Gasteiger partial charge on any atom is -0.497 e. The largest absolute Gasteiger partial charge is 0.497 e. The molecule has 0 bridgehead atoms. The second-order valence-electron chi connectivity index (χ2n) is 8.41. The Balaban J connectivity index is 1.37. The number of amides is 1. The number of hydrogen-bond acceptors (Lipinski definition) is 5. The maximum atomic E-state index is 13.2. The van der Waals surface area contributed by atoms with Crippen molar-refractivity contribution in [2.24, 2.45) is 0 Å². The van der Waals surface area contributed by atoms with Crippen molar-refractivity contribution >= 4 is 21.6 Å². The number of hydrogen-bond donors (Lipinski definition) is 1. The van der Waals surface area contributed by atoms with Gasteiger partial charge in [0, 0.05) is 31.4 Å². The van der Waals surface area contributed by atoms with Gasteiger partial charge >= 0.3 is 0 Å². The molecule has 0 aliphatic carbocycles. The Kier molecular flexibility index (Phi) is 7.01. The first-order valence-corrected chi connectivity index (χ1v) is 12.7. The summed E-state index contributed by atoms with van der Waals surface area (Å²) in [5.41, 5.74) is 1.14. The van der Waals surface area contributed by atoms with Gasteiger partial charge in [-0.05, 0) is 62.1 Å². The highest BCUT2D eigenvalue weighted by Crippen LogP contribution is 2.27. The van der Waals surface area contributed by atoms with E-state index >= 15 is 0 Å². The van der Waals surface area contributed by atoms with Crippen LogP contribution < -0.4 is 15.0 Å². The lowest BCUT2D eigenvalue weighted by Crippen LogP contribution is -2.55. The molecule has 1 N–H and O–H groups in total. The van der Waals surface area contributed by atoms with Gasteiger partial charge in [0.1, 0.15) is 11.8 Å². The molecule has 7 nitrogen and oxygen atoms in total. The molecular weight excluding hydrogens is 426 g/mol. The summed E-state index contributed by atoms with van der Waals surface area (Å²) >= 11 is 0. The van der Waals surface area contributed by atoms with Crippen LogP contribution in [0.25, 0.3) is 0 Å². The summed E-state index contributed by atoms with van der Waals surface area (Å²) in [5.74, 6) is 0.658. The number of ether oxygens (including phenoxy) is 1. The zero-order chi connectivity index (χ0) is 22.6. The monoisotopic (exact) mass is 457 g/mol. The molecule has 0 aromatic heterocycles. The van der Waals surface area contributed by atoms with Gasteiger partial charge in [-0.15, -0.1) is 0 Å². The Morgan fingerprint density at radius 3 is 2.28 bits per heavy atom. The zero-order valence-corrected chi connectivity index (χ0v) is 19.3. The quantitative estimate of drug-likeness (QED) is 0.721. The molecule has 4 rings (SSSR count). The van der Waals surface area contributed by atoms with E-state index in [9.17, 15) is 13.2 Å². The molecule has 0 spiro atoms. The molecule has 2 aromatic carbocycles. The Hall–Kier alpha value is -2.58. The standard InChI is InChI=1S/C24H31N3O4S/c1-31-21-12-10-20(11-13-21)26-17-14-19(15-18-26)25-24(28)23-9-5-6-16-27(23)32(29,30)22-7-3-2-4-8-22/h2-4,7-8,10-13,19,23H,5-6,9,14-18H2,1H3,(H,25,28). The lowest BCUT2D eigenvalue weighted by Gasteiger charge is -2.37. The Morgan fingerprint density at radius 1 is 0.938 bits per heavy atom. The van der Waals surface area contributed by atoms with Gasteiger partial charge in [-0.1, -0.05) is 24.6 Å². The van der Waals surface area contributed by atoms with E-state index in [1.165, 1.54) is 4.31 Å². The van der Waals surface area contributed by atoms with E-state index in [1.54, 1.807) is 37.4 Å². The topological polar surface area (TPSA) is 79.0 Å². The molecule has 2 aliphatic heterocycles. The summed E-state index contributed by atoms with van der Waals surface area (Å²) in [5, 5.41) is 3.14. The number of benzene rings is 2. The molecule has 1 unspecified atom stereocenters. The molecule has 1 amide bonds. The van der Waals surface area contributed by atoms with E-state index < -0.39 is 16.1 Å². The molecule has 8 heteroatoms. The first kappa shape index (κ1) is 22.6. The van der Waals surface area contributed by atoms with Crippen molar-refractivity contribution in [1.29, 1.82) is 0 Å². The van der Waals surface area contributed by atoms with Gasteiger partial charge in [0.05, 0.1) is 12.0 Å². The third-order valence-corrected chi connectivity index (χ3v) is 8.31. The number of carbonyl (C=O) groups excluding carboxylic acids is 1. The fourth-order valence-electron chi connectivity index (χ4n) is 4.56. The molecule has 172 valence electrons. The second-order valence-corrected chi connectivity index (χ2v) is 10.3. The smallest absolute Gasteiger partial charge is 0.243 e. The first-order valence-electron chi connectivity index (χ1n) is 11.3. The second kappa shape index (κ2) is 9.92. The molecule has 1 atom stereocenters. The van der Waals surface area contributed by atoms with E-state index in [4.69, 9.17) is 4.74 Å². The van der Waals surface area contributed by atoms with Crippen LogP contribution in [0.1, 0.15) is 32.1 Å². The fourth-order valence-corrected chi connectivity index (χ4v) is 6.23. The Bertz CT molecular complexity index is 1000. The van der Waals surface area contributed by atoms with Crippen molar-refractivity contribution < 1.29 is 17.9 Å². The molecular formula is C24H31N3O4S. The summed E-state index contributed by atoms with van der Waals surface area (Å²) in [6.07, 6.45) is 3.85. The molecule has 32 heavy (non-hydrogen) atoms. The van der Waals surface area contributed by atoms with Crippen LogP contribution in [0.5, 0.6) is 5.75 Å². The Morgan fingerprint density at radius 2 is 1.62 bits per heavy atom. The lowest BCUT2D eigenvalue weighted by atomic mass is 10.0. The minimum atomic E-state index is -3.69. The van der Waals surface area contributed by atoms with Gasteiger partial charge in [0.25, 0.3) is 0 Å². The van der Waals surface area contributed by atoms with Crippen LogP contribution in [0.4, 0.5) is 5.69 Å². The number of anilines is 1. The van der Waals surface area contributed by atoms with E-state index in [0.717, 1.165) is 50.2 Å².